The number of nitrogens with two attached hydrogens (primary N) is 1. The Balaban J connectivity index is 2.17. The molecule has 0 aromatic heterocycles. The van der Waals surface area contributed by atoms with Gasteiger partial charge in [0.2, 0.25) is 0 Å². The predicted octanol–water partition coefficient (Wildman–Crippen LogP) is 3.33. The topological polar surface area (TPSA) is 44.5 Å². The Labute approximate surface area is 130 Å². The largest absolute Gasteiger partial charge is 0.497 e. The van der Waals surface area contributed by atoms with E-state index in [4.69, 9.17) is 15.2 Å². The summed E-state index contributed by atoms with van der Waals surface area (Å²) in [6.07, 6.45) is 0. The molecule has 0 spiro atoms. The second-order valence-corrected chi connectivity index (χ2v) is 8.12. The number of hydrogen-bond donors (Lipinski definition) is 1. The molecule has 4 atom stereocenters. The van der Waals surface area contributed by atoms with E-state index in [2.05, 4.69) is 13.8 Å². The molecule has 20 heavy (non-hydrogen) atoms. The van der Waals surface area contributed by atoms with E-state index in [1.807, 2.05) is 41.7 Å². The molecule has 1 heterocycles. The summed E-state index contributed by atoms with van der Waals surface area (Å²) < 4.78 is 10.7. The van der Waals surface area contributed by atoms with Gasteiger partial charge < -0.3 is 15.2 Å². The first-order chi connectivity index (χ1) is 9.55. The Morgan fingerprint density at radius 1 is 1.10 bits per heavy atom. The number of methoxy groups -OCH3 is 2. The van der Waals surface area contributed by atoms with Gasteiger partial charge in [-0.25, -0.2) is 0 Å². The summed E-state index contributed by atoms with van der Waals surface area (Å²) >= 11 is 4.01. The summed E-state index contributed by atoms with van der Waals surface area (Å²) in [6, 6.07) is 5.91. The van der Waals surface area contributed by atoms with Crippen LogP contribution in [0.1, 0.15) is 25.5 Å². The third kappa shape index (κ3) is 3.57. The minimum atomic E-state index is 0.00597. The van der Waals surface area contributed by atoms with Gasteiger partial charge in [-0.2, -0.15) is 23.5 Å². The zero-order valence-electron chi connectivity index (χ0n) is 12.5. The second-order valence-electron chi connectivity index (χ2n) is 5.09. The van der Waals surface area contributed by atoms with Crippen LogP contribution in [-0.4, -0.2) is 35.7 Å². The number of thioether (sulfide) groups is 2. The van der Waals surface area contributed by atoms with Gasteiger partial charge in [-0.3, -0.25) is 0 Å². The van der Waals surface area contributed by atoms with Gasteiger partial charge in [0.1, 0.15) is 11.5 Å². The molecule has 0 bridgehead atoms. The molecule has 0 amide bonds. The Hall–Kier alpha value is -0.520. The lowest BCUT2D eigenvalue weighted by Crippen LogP contribution is -2.34. The van der Waals surface area contributed by atoms with Crippen LogP contribution in [0, 0.1) is 0 Å². The summed E-state index contributed by atoms with van der Waals surface area (Å²) in [4.78, 5) is 0. The Morgan fingerprint density at radius 3 is 2.20 bits per heavy atom. The van der Waals surface area contributed by atoms with Crippen LogP contribution in [0.25, 0.3) is 0 Å². The zero-order valence-corrected chi connectivity index (χ0v) is 14.1. The van der Waals surface area contributed by atoms with Crippen LogP contribution in [0.15, 0.2) is 18.2 Å². The minimum Gasteiger partial charge on any atom is -0.497 e. The summed E-state index contributed by atoms with van der Waals surface area (Å²) in [7, 11) is 3.33. The van der Waals surface area contributed by atoms with Crippen LogP contribution in [0.5, 0.6) is 11.5 Å². The van der Waals surface area contributed by atoms with Crippen molar-refractivity contribution in [2.45, 2.75) is 35.6 Å². The van der Waals surface area contributed by atoms with Gasteiger partial charge in [-0.1, -0.05) is 13.8 Å². The molecule has 1 fully saturated rings. The van der Waals surface area contributed by atoms with Gasteiger partial charge in [0.05, 0.1) is 14.2 Å². The first-order valence-corrected chi connectivity index (χ1v) is 8.80. The Bertz CT molecular complexity index is 433. The van der Waals surface area contributed by atoms with Crippen LogP contribution in [0.2, 0.25) is 0 Å². The molecule has 0 saturated carbocycles. The molecule has 1 aliphatic rings. The van der Waals surface area contributed by atoms with E-state index < -0.39 is 0 Å². The summed E-state index contributed by atoms with van der Waals surface area (Å²) in [6.45, 7) is 4.58. The van der Waals surface area contributed by atoms with E-state index in [0.717, 1.165) is 22.8 Å². The number of rotatable bonds is 4. The van der Waals surface area contributed by atoms with Crippen molar-refractivity contribution >= 4 is 23.5 Å². The molecule has 0 radical (unpaired) electrons. The van der Waals surface area contributed by atoms with Crippen molar-refractivity contribution < 1.29 is 9.47 Å². The van der Waals surface area contributed by atoms with Crippen LogP contribution in [-0.2, 0) is 0 Å². The molecule has 2 rings (SSSR count). The fraction of sp³-hybridized carbons (Fsp3) is 0.600. The lowest BCUT2D eigenvalue weighted by atomic mass is 10.0. The molecule has 1 aromatic rings. The van der Waals surface area contributed by atoms with Crippen LogP contribution in [0.3, 0.4) is 0 Å². The molecular formula is C15H23NO2S2. The molecule has 5 heteroatoms. The van der Waals surface area contributed by atoms with Crippen molar-refractivity contribution in [3.8, 4) is 11.5 Å². The lowest BCUT2D eigenvalue weighted by molar-refractivity contribution is 0.392. The van der Waals surface area contributed by atoms with Crippen molar-refractivity contribution in [1.82, 2.24) is 0 Å². The van der Waals surface area contributed by atoms with Gasteiger partial charge in [-0.05, 0) is 17.7 Å². The van der Waals surface area contributed by atoms with E-state index in [1.165, 1.54) is 0 Å². The second kappa shape index (κ2) is 6.96. The Kier molecular flexibility index (Phi) is 5.52. The van der Waals surface area contributed by atoms with Crippen molar-refractivity contribution in [3.05, 3.63) is 23.8 Å². The predicted molar refractivity (Wildman–Crippen MR) is 89.2 cm³/mol. The van der Waals surface area contributed by atoms with Gasteiger partial charge in [0.15, 0.2) is 0 Å². The summed E-state index contributed by atoms with van der Waals surface area (Å²) in [5.41, 5.74) is 7.56. The minimum absolute atomic E-state index is 0.00597. The highest BCUT2D eigenvalue weighted by Gasteiger charge is 2.30. The normalized spacial score (nSPS) is 27.9. The maximum absolute atomic E-state index is 6.48. The maximum atomic E-state index is 6.48. The molecule has 4 unspecified atom stereocenters. The quantitative estimate of drug-likeness (QED) is 0.923. The van der Waals surface area contributed by atoms with E-state index in [1.54, 1.807) is 14.2 Å². The highest BCUT2D eigenvalue weighted by molar-refractivity contribution is 8.07. The first kappa shape index (κ1) is 15.9. The molecular weight excluding hydrogens is 290 g/mol. The standard InChI is InChI=1S/C15H23NO2S2/c1-9-10(2)20-14(8-19-9)15(16)11-5-12(17-3)7-13(6-11)18-4/h5-7,9-10,14-15H,8,16H2,1-4H3. The van der Waals surface area contributed by atoms with Crippen LogP contribution in [0.4, 0.5) is 0 Å². The number of ether oxygens (including phenoxy) is 2. The van der Waals surface area contributed by atoms with E-state index in [-0.39, 0.29) is 6.04 Å². The van der Waals surface area contributed by atoms with Crippen molar-refractivity contribution in [2.75, 3.05) is 20.0 Å². The smallest absolute Gasteiger partial charge is 0.122 e. The molecule has 1 aromatic carbocycles. The average Bonchev–Trinajstić information content (AvgIpc) is 2.48. The Morgan fingerprint density at radius 2 is 1.70 bits per heavy atom. The highest BCUT2D eigenvalue weighted by atomic mass is 32.2. The van der Waals surface area contributed by atoms with Crippen molar-refractivity contribution in [3.63, 3.8) is 0 Å². The fourth-order valence-corrected chi connectivity index (χ4v) is 5.28. The van der Waals surface area contributed by atoms with Crippen molar-refractivity contribution in [2.24, 2.45) is 5.73 Å². The first-order valence-electron chi connectivity index (χ1n) is 6.80. The van der Waals surface area contributed by atoms with Crippen LogP contribution < -0.4 is 15.2 Å². The number of hydrogen-bond acceptors (Lipinski definition) is 5. The molecule has 1 saturated heterocycles. The number of benzene rings is 1. The molecule has 112 valence electrons. The third-order valence-corrected chi connectivity index (χ3v) is 7.25. The third-order valence-electron chi connectivity index (χ3n) is 3.73. The maximum Gasteiger partial charge on any atom is 0.122 e. The molecule has 1 aliphatic heterocycles. The average molecular weight is 313 g/mol. The summed E-state index contributed by atoms with van der Waals surface area (Å²) in [5, 5.41) is 1.77. The van der Waals surface area contributed by atoms with Gasteiger partial charge >= 0.3 is 0 Å². The monoisotopic (exact) mass is 313 g/mol. The van der Waals surface area contributed by atoms with E-state index >= 15 is 0 Å². The van der Waals surface area contributed by atoms with Crippen LogP contribution >= 0.6 is 23.5 Å². The SMILES string of the molecule is COc1cc(OC)cc(C(N)C2CSC(C)C(C)S2)c1. The molecule has 0 aliphatic carbocycles. The van der Waals surface area contributed by atoms with Gasteiger partial charge in [0.25, 0.3) is 0 Å². The highest BCUT2D eigenvalue weighted by Crippen LogP contribution is 2.41. The fourth-order valence-electron chi connectivity index (χ4n) is 2.23. The van der Waals surface area contributed by atoms with E-state index in [9.17, 15) is 0 Å². The van der Waals surface area contributed by atoms with E-state index in [0.29, 0.717) is 15.7 Å². The summed E-state index contributed by atoms with van der Waals surface area (Å²) in [5.74, 6) is 2.69. The van der Waals surface area contributed by atoms with Crippen molar-refractivity contribution in [1.29, 1.82) is 0 Å². The van der Waals surface area contributed by atoms with Gasteiger partial charge in [-0.15, -0.1) is 0 Å². The molecule has 3 nitrogen and oxygen atoms in total. The van der Waals surface area contributed by atoms with Gasteiger partial charge in [0, 0.05) is 33.6 Å². The lowest BCUT2D eigenvalue weighted by Gasteiger charge is -2.34. The zero-order chi connectivity index (χ0) is 14.7. The molecule has 2 N–H and O–H groups in total.